The Labute approximate surface area is 397 Å². The third kappa shape index (κ3) is 7.59. The maximum absolute atomic E-state index is 15.1. The van der Waals surface area contributed by atoms with E-state index in [0.29, 0.717) is 60.2 Å². The van der Waals surface area contributed by atoms with Crippen LogP contribution in [-0.2, 0) is 0 Å². The third-order valence-corrected chi connectivity index (χ3v) is 12.6. The fourth-order valence-corrected chi connectivity index (χ4v) is 9.94. The van der Waals surface area contributed by atoms with Crippen molar-refractivity contribution in [3.05, 3.63) is 180 Å². The molecule has 0 bridgehead atoms. The van der Waals surface area contributed by atoms with E-state index < -0.39 is 0 Å². The number of nitrogens with zero attached hydrogens (tertiary/aromatic N) is 2. The summed E-state index contributed by atoms with van der Waals surface area (Å²) < 4.78 is 59.8. The summed E-state index contributed by atoms with van der Waals surface area (Å²) in [4.78, 5) is 0. The molecule has 0 amide bonds. The second-order valence-electron chi connectivity index (χ2n) is 15.9. The molecule has 0 saturated heterocycles. The van der Waals surface area contributed by atoms with Crippen LogP contribution in [-0.4, -0.2) is 22.3 Å². The summed E-state index contributed by atoms with van der Waals surface area (Å²) in [5.41, 5.74) is 10.5. The van der Waals surface area contributed by atoms with Crippen LogP contribution in [0.15, 0.2) is 158 Å². The molecule has 0 N–H and O–H groups in total. The molecule has 0 saturated carbocycles. The maximum atomic E-state index is 15.1. The molecular formula is C54H40F2I2N2O4. The van der Waals surface area contributed by atoms with E-state index in [1.807, 2.05) is 121 Å². The number of rotatable bonds is 13. The van der Waals surface area contributed by atoms with E-state index in [9.17, 15) is 0 Å². The van der Waals surface area contributed by atoms with Crippen molar-refractivity contribution in [2.75, 3.05) is 13.2 Å². The van der Waals surface area contributed by atoms with E-state index in [4.69, 9.17) is 15.6 Å². The number of halogens is 4. The van der Waals surface area contributed by atoms with E-state index in [0.717, 1.165) is 77.2 Å². The van der Waals surface area contributed by atoms with E-state index >= 15 is 8.78 Å². The topological polar surface area (TPSA) is 46.8 Å². The molecule has 0 aliphatic heterocycles. The van der Waals surface area contributed by atoms with Crippen LogP contribution in [0.2, 0.25) is 0 Å². The third-order valence-electron chi connectivity index (χ3n) is 11.7. The molecule has 0 radical (unpaired) electrons. The second-order valence-corrected chi connectivity index (χ2v) is 16.8. The number of unbranched alkanes of at least 4 members (excludes halogenated alkanes) is 1. The Morgan fingerprint density at radius 2 is 0.766 bits per heavy atom. The smallest absolute Gasteiger partial charge is 0.192 e. The van der Waals surface area contributed by atoms with Crippen LogP contribution in [0.4, 0.5) is 8.78 Å². The summed E-state index contributed by atoms with van der Waals surface area (Å²) in [7, 11) is 0. The van der Waals surface area contributed by atoms with E-state index in [-0.39, 0.29) is 11.6 Å². The zero-order chi connectivity index (χ0) is 43.9. The summed E-state index contributed by atoms with van der Waals surface area (Å²) in [6.07, 6.45) is 1.29. The first kappa shape index (κ1) is 41.9. The quantitative estimate of drug-likeness (QED) is 0.0853. The minimum atomic E-state index is -0.378. The molecule has 318 valence electrons. The summed E-state index contributed by atoms with van der Waals surface area (Å²) in [6, 6.07) is 50.7. The lowest BCUT2D eigenvalue weighted by Crippen LogP contribution is -2.05. The van der Waals surface area contributed by atoms with Crippen molar-refractivity contribution < 1.29 is 24.4 Å². The van der Waals surface area contributed by atoms with Crippen LogP contribution in [0.3, 0.4) is 0 Å². The molecule has 0 aliphatic carbocycles. The van der Waals surface area contributed by atoms with Crippen molar-refractivity contribution >= 4 is 89.6 Å². The number of aryl methyl sites for hydroxylation is 2. The molecule has 0 fully saturated rings. The Hall–Kier alpha value is -6.12. The van der Waals surface area contributed by atoms with Crippen molar-refractivity contribution in [2.45, 2.75) is 26.7 Å². The van der Waals surface area contributed by atoms with Crippen molar-refractivity contribution in [2.24, 2.45) is 0 Å². The molecule has 10 rings (SSSR count). The number of ether oxygens (including phenoxy) is 2. The SMILES string of the molecule is Cc1cc(-c2cc(F)ccc2OCCCCOc2ccc(F)cc2-c2cc(C)cc(-n3c4ccccc4c4ccccc43)c2OI)c(OI)c(-n2c3ccccc3c3ccccc32)c1. The molecule has 0 unspecified atom stereocenters. The molecular weight excluding hydrogens is 1030 g/mol. The summed E-state index contributed by atoms with van der Waals surface area (Å²) >= 11 is 3.83. The molecule has 8 aromatic carbocycles. The van der Waals surface area contributed by atoms with Crippen LogP contribution in [0, 0.1) is 25.5 Å². The Morgan fingerprint density at radius 1 is 0.422 bits per heavy atom. The first-order valence-corrected chi connectivity index (χ1v) is 22.8. The zero-order valence-corrected chi connectivity index (χ0v) is 39.2. The Bertz CT molecular complexity index is 3070. The molecule has 2 aromatic heterocycles. The number of hydrogen-bond acceptors (Lipinski definition) is 4. The normalized spacial score (nSPS) is 11.5. The first-order chi connectivity index (χ1) is 31.3. The second kappa shape index (κ2) is 17.8. The number of hydrogen-bond donors (Lipinski definition) is 0. The van der Waals surface area contributed by atoms with Gasteiger partial charge in [-0.15, -0.1) is 0 Å². The van der Waals surface area contributed by atoms with Gasteiger partial charge in [-0.3, -0.25) is 0 Å². The number of fused-ring (bicyclic) bond motifs is 6. The fraction of sp³-hybridized carbons (Fsp3) is 0.111. The molecule has 0 spiro atoms. The zero-order valence-electron chi connectivity index (χ0n) is 34.9. The highest BCUT2D eigenvalue weighted by Gasteiger charge is 2.24. The Balaban J connectivity index is 0.902. The number of benzene rings is 8. The van der Waals surface area contributed by atoms with Gasteiger partial charge in [0.1, 0.15) is 23.1 Å². The monoisotopic (exact) mass is 1070 g/mol. The highest BCUT2D eigenvalue weighted by Crippen LogP contribution is 2.46. The van der Waals surface area contributed by atoms with Crippen LogP contribution in [0.25, 0.3) is 77.2 Å². The molecule has 0 aliphatic rings. The predicted octanol–water partition coefficient (Wildman–Crippen LogP) is 15.8. The van der Waals surface area contributed by atoms with E-state index in [1.54, 1.807) is 12.1 Å². The fourth-order valence-electron chi connectivity index (χ4n) is 9.01. The highest BCUT2D eigenvalue weighted by molar-refractivity contribution is 14.1. The molecule has 10 heteroatoms. The predicted molar refractivity (Wildman–Crippen MR) is 271 cm³/mol. The molecule has 6 nitrogen and oxygen atoms in total. The van der Waals surface area contributed by atoms with Crippen molar-refractivity contribution in [1.29, 1.82) is 0 Å². The van der Waals surface area contributed by atoms with Gasteiger partial charge in [-0.2, -0.15) is 0 Å². The average molecular weight is 1070 g/mol. The van der Waals surface area contributed by atoms with Crippen LogP contribution in [0.1, 0.15) is 24.0 Å². The lowest BCUT2D eigenvalue weighted by Gasteiger charge is -2.19. The van der Waals surface area contributed by atoms with Gasteiger partial charge in [-0.05, 0) is 123 Å². The molecule has 0 atom stereocenters. The Kier molecular flexibility index (Phi) is 11.6. The van der Waals surface area contributed by atoms with Gasteiger partial charge in [0.2, 0.25) is 0 Å². The van der Waals surface area contributed by atoms with Gasteiger partial charge in [0.15, 0.2) is 57.5 Å². The summed E-state index contributed by atoms with van der Waals surface area (Å²) in [6.45, 7) is 4.78. The average Bonchev–Trinajstić information content (AvgIpc) is 3.83. The first-order valence-electron chi connectivity index (χ1n) is 21.0. The van der Waals surface area contributed by atoms with Gasteiger partial charge in [-0.25, -0.2) is 8.78 Å². The van der Waals surface area contributed by atoms with Crippen molar-refractivity contribution in [3.8, 4) is 56.6 Å². The lowest BCUT2D eigenvalue weighted by molar-refractivity contribution is 0.267. The minimum Gasteiger partial charge on any atom is -0.493 e. The van der Waals surface area contributed by atoms with Gasteiger partial charge < -0.3 is 24.7 Å². The molecule has 2 heterocycles. The van der Waals surface area contributed by atoms with Crippen LogP contribution < -0.4 is 15.6 Å². The van der Waals surface area contributed by atoms with E-state index in [1.165, 1.54) is 24.3 Å². The standard InChI is InChI=1S/C54H40F2I2N2O4/c1-33-27-43(53(63-57)49(29-33)59-45-17-7-3-13-37(45)38-14-4-8-18-46(38)59)41-31-35(55)21-23-51(41)61-25-11-12-26-62-52-24-22-36(56)32-42(52)44-28-34(2)30-50(54(44)64-58)60-47-19-9-5-15-39(47)40-16-6-10-20-48(40)60/h3-10,13-24,27-32H,11-12,25-26H2,1-2H3. The molecule has 64 heavy (non-hydrogen) atoms. The van der Waals surface area contributed by atoms with Gasteiger partial charge in [-0.1, -0.05) is 72.8 Å². The van der Waals surface area contributed by atoms with Gasteiger partial charge in [0.05, 0.1) is 46.7 Å². The Morgan fingerprint density at radius 3 is 1.11 bits per heavy atom. The van der Waals surface area contributed by atoms with Crippen LogP contribution >= 0.6 is 46.0 Å². The summed E-state index contributed by atoms with van der Waals surface area (Å²) in [5, 5.41) is 4.53. The maximum Gasteiger partial charge on any atom is 0.192 e. The van der Waals surface area contributed by atoms with Crippen LogP contribution in [0.5, 0.6) is 23.0 Å². The molecule has 10 aromatic rings. The van der Waals surface area contributed by atoms with Gasteiger partial charge in [0, 0.05) is 43.8 Å². The van der Waals surface area contributed by atoms with Gasteiger partial charge in [0.25, 0.3) is 0 Å². The summed E-state index contributed by atoms with van der Waals surface area (Å²) in [5.74, 6) is 1.53. The van der Waals surface area contributed by atoms with Crippen molar-refractivity contribution in [3.63, 3.8) is 0 Å². The van der Waals surface area contributed by atoms with E-state index in [2.05, 4.69) is 69.8 Å². The van der Waals surface area contributed by atoms with Crippen molar-refractivity contribution in [1.82, 2.24) is 9.13 Å². The number of aromatic nitrogens is 2. The van der Waals surface area contributed by atoms with Gasteiger partial charge >= 0.3 is 0 Å². The number of para-hydroxylation sites is 4. The largest absolute Gasteiger partial charge is 0.493 e. The lowest BCUT2D eigenvalue weighted by atomic mass is 9.99. The highest BCUT2D eigenvalue weighted by atomic mass is 127. The minimum absolute atomic E-state index is 0.358.